The molecule has 0 saturated carbocycles. The lowest BCUT2D eigenvalue weighted by Crippen LogP contribution is -2.29. The van der Waals surface area contributed by atoms with Gasteiger partial charge in [0.1, 0.15) is 5.84 Å². The maximum absolute atomic E-state index is 8.90. The molecule has 0 radical (unpaired) electrons. The Kier molecular flexibility index (Phi) is 7.93. The van der Waals surface area contributed by atoms with Crippen LogP contribution in [0.4, 0.5) is 0 Å². The lowest BCUT2D eigenvalue weighted by Gasteiger charge is -2.36. The fourth-order valence-corrected chi connectivity index (χ4v) is 9.93. The summed E-state index contributed by atoms with van der Waals surface area (Å²) < 4.78 is 0. The summed E-state index contributed by atoms with van der Waals surface area (Å²) in [4.78, 5) is 4.74. The molecule has 3 aliphatic rings. The molecule has 1 spiro atoms. The Bertz CT molecular complexity index is 2890. The van der Waals surface area contributed by atoms with Crippen molar-refractivity contribution in [2.45, 2.75) is 32.1 Å². The Morgan fingerprint density at radius 2 is 1.30 bits per heavy atom. The molecule has 0 amide bonds. The van der Waals surface area contributed by atoms with Gasteiger partial charge in [-0.2, -0.15) is 0 Å². The fraction of sp³-hybridized carbons (Fsp3) is 0.0943. The molecule has 0 heterocycles. The topological polar surface area (TPSA) is 62.2 Å². The van der Waals surface area contributed by atoms with E-state index in [0.29, 0.717) is 5.84 Å². The number of allylic oxidation sites excluding steroid dienone is 6. The summed E-state index contributed by atoms with van der Waals surface area (Å²) in [6.07, 6.45) is 6.47. The van der Waals surface area contributed by atoms with Gasteiger partial charge in [-0.25, -0.2) is 4.99 Å². The number of nitrogens with zero attached hydrogens (tertiary/aromatic N) is 1. The van der Waals surface area contributed by atoms with Gasteiger partial charge in [-0.15, -0.1) is 0 Å². The van der Waals surface area contributed by atoms with Gasteiger partial charge in [0.05, 0.1) is 5.41 Å². The molecule has 3 nitrogen and oxygen atoms in total. The largest absolute Gasteiger partial charge is 0.383 e. The minimum Gasteiger partial charge on any atom is -0.383 e. The molecule has 7 aromatic carbocycles. The maximum Gasteiger partial charge on any atom is 0.154 e. The van der Waals surface area contributed by atoms with Crippen LogP contribution in [0.15, 0.2) is 180 Å². The molecule has 3 heteroatoms. The van der Waals surface area contributed by atoms with Crippen LogP contribution in [0.1, 0.15) is 64.8 Å². The molecule has 268 valence electrons. The predicted octanol–water partition coefficient (Wildman–Crippen LogP) is 12.4. The predicted molar refractivity (Wildman–Crippen MR) is 235 cm³/mol. The van der Waals surface area contributed by atoms with E-state index in [4.69, 9.17) is 16.1 Å². The second-order valence-corrected chi connectivity index (χ2v) is 15.0. The second-order valence-electron chi connectivity index (χ2n) is 15.0. The number of hydrogen-bond acceptors (Lipinski definition) is 1. The van der Waals surface area contributed by atoms with Gasteiger partial charge in [-0.05, 0) is 121 Å². The van der Waals surface area contributed by atoms with Crippen molar-refractivity contribution in [3.05, 3.63) is 220 Å². The molecule has 0 saturated heterocycles. The van der Waals surface area contributed by atoms with Crippen molar-refractivity contribution in [2.75, 3.05) is 0 Å². The van der Waals surface area contributed by atoms with Crippen molar-refractivity contribution in [2.24, 2.45) is 10.7 Å². The zero-order chi connectivity index (χ0) is 38.0. The van der Waals surface area contributed by atoms with Crippen molar-refractivity contribution in [1.82, 2.24) is 0 Å². The van der Waals surface area contributed by atoms with E-state index in [1.54, 1.807) is 0 Å². The van der Waals surface area contributed by atoms with Gasteiger partial charge in [0.25, 0.3) is 0 Å². The van der Waals surface area contributed by atoms with Crippen molar-refractivity contribution >= 4 is 39.2 Å². The highest BCUT2D eigenvalue weighted by Gasteiger charge is 2.54. The van der Waals surface area contributed by atoms with E-state index in [-0.39, 0.29) is 5.84 Å². The summed E-state index contributed by atoms with van der Waals surface area (Å²) in [5, 5.41) is 11.1. The van der Waals surface area contributed by atoms with E-state index in [0.717, 1.165) is 45.9 Å². The highest BCUT2D eigenvalue weighted by atomic mass is 14.9. The Labute approximate surface area is 328 Å². The third-order valence-corrected chi connectivity index (χ3v) is 12.2. The molecule has 2 bridgehead atoms. The lowest BCUT2D eigenvalue weighted by atomic mass is 9.65. The summed E-state index contributed by atoms with van der Waals surface area (Å²) in [6.45, 7) is 4.67. The van der Waals surface area contributed by atoms with Crippen LogP contribution in [0, 0.1) is 5.41 Å². The van der Waals surface area contributed by atoms with Gasteiger partial charge in [0.2, 0.25) is 0 Å². The first-order valence-electron chi connectivity index (χ1n) is 19.5. The Balaban J connectivity index is 1.30. The van der Waals surface area contributed by atoms with Crippen LogP contribution in [0.25, 0.3) is 49.7 Å². The first kappa shape index (κ1) is 33.7. The first-order valence-corrected chi connectivity index (χ1v) is 19.5. The number of fused-ring (bicyclic) bond motifs is 6. The third-order valence-electron chi connectivity index (χ3n) is 12.2. The van der Waals surface area contributed by atoms with Gasteiger partial charge in [-0.3, -0.25) is 5.41 Å². The lowest BCUT2D eigenvalue weighted by molar-refractivity contribution is 0.772. The minimum atomic E-state index is -0.503. The first-order chi connectivity index (χ1) is 27.5. The summed E-state index contributed by atoms with van der Waals surface area (Å²) in [5.74, 6) is 0.464. The molecule has 0 aromatic heterocycles. The van der Waals surface area contributed by atoms with E-state index in [2.05, 4.69) is 153 Å². The van der Waals surface area contributed by atoms with E-state index in [1.165, 1.54) is 66.8 Å². The summed E-state index contributed by atoms with van der Waals surface area (Å²) >= 11 is 0. The van der Waals surface area contributed by atoms with Crippen LogP contribution in [0.2, 0.25) is 0 Å². The molecule has 3 aliphatic carbocycles. The van der Waals surface area contributed by atoms with Gasteiger partial charge < -0.3 is 5.73 Å². The van der Waals surface area contributed by atoms with E-state index < -0.39 is 5.41 Å². The van der Waals surface area contributed by atoms with Crippen LogP contribution < -0.4 is 5.73 Å². The van der Waals surface area contributed by atoms with Gasteiger partial charge in [-0.1, -0.05) is 165 Å². The minimum absolute atomic E-state index is 0.138. The number of hydrogen-bond donors (Lipinski definition) is 2. The van der Waals surface area contributed by atoms with Crippen LogP contribution in [0.5, 0.6) is 0 Å². The highest BCUT2D eigenvalue weighted by molar-refractivity contribution is 6.17. The van der Waals surface area contributed by atoms with Crippen molar-refractivity contribution in [3.8, 4) is 22.3 Å². The molecule has 0 fully saturated rings. The highest BCUT2D eigenvalue weighted by Crippen LogP contribution is 2.66. The van der Waals surface area contributed by atoms with Crippen LogP contribution in [-0.4, -0.2) is 11.7 Å². The number of amidine groups is 2. The number of nitrogens with one attached hydrogen (secondary N) is 1. The van der Waals surface area contributed by atoms with Crippen LogP contribution >= 0.6 is 0 Å². The average Bonchev–Trinajstić information content (AvgIpc) is 3.70. The van der Waals surface area contributed by atoms with Gasteiger partial charge in [0, 0.05) is 11.1 Å². The Morgan fingerprint density at radius 3 is 2.09 bits per heavy atom. The van der Waals surface area contributed by atoms with Crippen molar-refractivity contribution < 1.29 is 0 Å². The number of nitrogens with two attached hydrogens (primary N) is 1. The average molecular weight is 720 g/mol. The Hall–Kier alpha value is -6.84. The van der Waals surface area contributed by atoms with Gasteiger partial charge >= 0.3 is 0 Å². The molecule has 3 N–H and O–H groups in total. The number of benzene rings is 7. The van der Waals surface area contributed by atoms with Crippen LogP contribution in [-0.2, 0) is 11.8 Å². The summed E-state index contributed by atoms with van der Waals surface area (Å²) in [7, 11) is 0. The Morgan fingerprint density at radius 1 is 0.661 bits per heavy atom. The normalized spacial score (nSPS) is 17.4. The molecule has 1 atom stereocenters. The van der Waals surface area contributed by atoms with E-state index in [9.17, 15) is 0 Å². The standard InChI is InChI=1S/C53H41N3/c1-3-45-42-28-15-24-35-23-14-26-40(34-17-6-4-7-18-34)48(35)50-33(2)39-25-12-13-29-46(39)53(45,50)47-30-16-27-41(49(42)47)43-31-37-21-10-11-22-38(37)32-44(43)52(55)56-51(54)36-19-8-5-9-20-36/h4-23,25-32H,3,24H2,1-2H3,(H3,54,55,56)/b28-15-. The van der Waals surface area contributed by atoms with E-state index in [1.807, 2.05) is 30.3 Å². The van der Waals surface area contributed by atoms with Crippen LogP contribution in [0.3, 0.4) is 0 Å². The molecule has 1 unspecified atom stereocenters. The summed E-state index contributed by atoms with van der Waals surface area (Å²) in [6, 6.07) is 56.2. The molecule has 0 aliphatic heterocycles. The van der Waals surface area contributed by atoms with E-state index >= 15 is 0 Å². The molecule has 10 rings (SSSR count). The smallest absolute Gasteiger partial charge is 0.154 e. The van der Waals surface area contributed by atoms with Crippen molar-refractivity contribution in [3.63, 3.8) is 0 Å². The fourth-order valence-electron chi connectivity index (χ4n) is 9.93. The summed E-state index contributed by atoms with van der Waals surface area (Å²) in [5.41, 5.74) is 26.0. The molecule has 56 heavy (non-hydrogen) atoms. The van der Waals surface area contributed by atoms with Crippen molar-refractivity contribution in [1.29, 1.82) is 5.41 Å². The van der Waals surface area contributed by atoms with Gasteiger partial charge in [0.15, 0.2) is 5.84 Å². The number of rotatable bonds is 5. The quantitative estimate of drug-likeness (QED) is 0.135. The zero-order valence-electron chi connectivity index (χ0n) is 31.6. The number of aliphatic imine (C=N–C) groups is 1. The molecular weight excluding hydrogens is 679 g/mol. The molecular formula is C53H41N3. The third kappa shape index (κ3) is 4.90. The zero-order valence-corrected chi connectivity index (χ0v) is 31.6. The SMILES string of the molecule is CCC1=C2/C=C\Cc3cccc(-c4ccccc4)c3C3=C(C)c4ccccc4C13c1cccc(-c3cc4ccccc4cc3C(N)=NC(=N)c3ccccc3)c12. The second kappa shape index (κ2) is 13.2. The maximum atomic E-state index is 8.90. The molecule has 7 aromatic rings. The monoisotopic (exact) mass is 719 g/mol.